The summed E-state index contributed by atoms with van der Waals surface area (Å²) in [6.45, 7) is 4.41. The number of amides is 1. The second-order valence-electron chi connectivity index (χ2n) is 5.69. The van der Waals surface area contributed by atoms with Crippen LogP contribution in [0, 0.1) is 5.82 Å². The Morgan fingerprint density at radius 1 is 1.22 bits per heavy atom. The molecule has 27 heavy (non-hydrogen) atoms. The van der Waals surface area contributed by atoms with Gasteiger partial charge in [0.2, 0.25) is 11.0 Å². The molecule has 0 radical (unpaired) electrons. The molecule has 1 atom stereocenters. The van der Waals surface area contributed by atoms with E-state index < -0.39 is 0 Å². The Bertz CT molecular complexity index is 903. The molecule has 3 rings (SSSR count). The zero-order valence-corrected chi connectivity index (χ0v) is 16.6. The van der Waals surface area contributed by atoms with Crippen molar-refractivity contribution in [3.8, 4) is 0 Å². The molecule has 0 aliphatic rings. The van der Waals surface area contributed by atoms with Crippen LogP contribution in [0.2, 0.25) is 0 Å². The maximum atomic E-state index is 13.3. The van der Waals surface area contributed by atoms with E-state index in [0.717, 1.165) is 5.69 Å². The second kappa shape index (κ2) is 8.96. The van der Waals surface area contributed by atoms with Gasteiger partial charge in [-0.3, -0.25) is 4.79 Å². The Hall–Kier alpha value is -2.45. The number of rotatable bonds is 7. The highest BCUT2D eigenvalue weighted by atomic mass is 32.2. The molecule has 5 nitrogen and oxygen atoms in total. The van der Waals surface area contributed by atoms with Crippen molar-refractivity contribution in [2.75, 3.05) is 16.8 Å². The minimum atomic E-state index is -0.320. The Labute approximate surface area is 165 Å². The zero-order valence-electron chi connectivity index (χ0n) is 14.9. The molecule has 0 aliphatic heterocycles. The number of benzene rings is 2. The van der Waals surface area contributed by atoms with E-state index in [1.165, 1.54) is 35.2 Å². The summed E-state index contributed by atoms with van der Waals surface area (Å²) in [7, 11) is 0. The topological polar surface area (TPSA) is 58.1 Å². The van der Waals surface area contributed by atoms with E-state index in [1.54, 1.807) is 17.0 Å². The molecular weight excluding hydrogens is 383 g/mol. The van der Waals surface area contributed by atoms with Crippen molar-refractivity contribution in [3.63, 3.8) is 0 Å². The minimum Gasteiger partial charge on any atom is -0.330 e. The maximum absolute atomic E-state index is 13.3. The summed E-state index contributed by atoms with van der Waals surface area (Å²) in [6.07, 6.45) is 0. The van der Waals surface area contributed by atoms with Gasteiger partial charge in [0.15, 0.2) is 4.34 Å². The van der Waals surface area contributed by atoms with E-state index in [-0.39, 0.29) is 17.0 Å². The van der Waals surface area contributed by atoms with Crippen LogP contribution in [0.25, 0.3) is 0 Å². The van der Waals surface area contributed by atoms with Crippen LogP contribution >= 0.6 is 23.1 Å². The lowest BCUT2D eigenvalue weighted by molar-refractivity contribution is -0.117. The smallest absolute Gasteiger partial charge is 0.240 e. The lowest BCUT2D eigenvalue weighted by Gasteiger charge is -2.23. The van der Waals surface area contributed by atoms with Crippen LogP contribution in [0.1, 0.15) is 13.8 Å². The van der Waals surface area contributed by atoms with Crippen molar-refractivity contribution >= 4 is 45.5 Å². The highest BCUT2D eigenvalue weighted by Crippen LogP contribution is 2.31. The van der Waals surface area contributed by atoms with E-state index >= 15 is 0 Å². The van der Waals surface area contributed by atoms with E-state index in [0.29, 0.717) is 21.7 Å². The largest absolute Gasteiger partial charge is 0.330 e. The van der Waals surface area contributed by atoms with Crippen molar-refractivity contribution in [2.45, 2.75) is 23.4 Å². The average molecular weight is 403 g/mol. The molecule has 3 aromatic rings. The maximum Gasteiger partial charge on any atom is 0.240 e. The van der Waals surface area contributed by atoms with Crippen LogP contribution in [0.4, 0.5) is 20.9 Å². The first-order valence-electron chi connectivity index (χ1n) is 8.46. The number of nitrogens with zero attached hydrogens (tertiary/aromatic N) is 3. The Balaban J connectivity index is 1.64. The third-order valence-corrected chi connectivity index (χ3v) is 5.77. The fourth-order valence-electron chi connectivity index (χ4n) is 2.49. The van der Waals surface area contributed by atoms with E-state index in [1.807, 2.05) is 44.2 Å². The highest BCUT2D eigenvalue weighted by molar-refractivity contribution is 8.02. The number of nitrogens with one attached hydrogen (secondary N) is 1. The number of anilines is 3. The molecule has 0 bridgehead atoms. The van der Waals surface area contributed by atoms with E-state index in [4.69, 9.17) is 0 Å². The Morgan fingerprint density at radius 2 is 2.00 bits per heavy atom. The quantitative estimate of drug-likeness (QED) is 0.567. The molecule has 0 spiro atoms. The first-order valence-corrected chi connectivity index (χ1v) is 10.2. The summed E-state index contributed by atoms with van der Waals surface area (Å²) in [6, 6.07) is 15.7. The van der Waals surface area contributed by atoms with E-state index in [9.17, 15) is 9.18 Å². The lowest BCUT2D eigenvalue weighted by atomic mass is 10.2. The van der Waals surface area contributed by atoms with Gasteiger partial charge in [0, 0.05) is 17.9 Å². The van der Waals surface area contributed by atoms with Gasteiger partial charge in [0.25, 0.3) is 0 Å². The standard InChI is InChI=1S/C19H19FN4OS2/c1-3-24(16-10-5-4-6-11-16)17(25)13(2)26-19-23-22-18(27-19)21-15-9-7-8-14(20)12-15/h4-13H,3H2,1-2H3,(H,21,22)/t13-/m1/s1. The van der Waals surface area contributed by atoms with Crippen LogP contribution in [0.3, 0.4) is 0 Å². The summed E-state index contributed by atoms with van der Waals surface area (Å²) < 4.78 is 13.9. The molecule has 2 aromatic carbocycles. The predicted molar refractivity (Wildman–Crippen MR) is 109 cm³/mol. The summed E-state index contributed by atoms with van der Waals surface area (Å²) in [4.78, 5) is 14.6. The first kappa shape index (κ1) is 19.3. The van der Waals surface area contributed by atoms with Crippen molar-refractivity contribution in [1.29, 1.82) is 0 Å². The van der Waals surface area contributed by atoms with Gasteiger partial charge in [-0.1, -0.05) is 47.4 Å². The average Bonchev–Trinajstić information content (AvgIpc) is 3.10. The van der Waals surface area contributed by atoms with Crippen LogP contribution in [-0.4, -0.2) is 27.9 Å². The number of carbonyl (C=O) groups excluding carboxylic acids is 1. The predicted octanol–water partition coefficient (Wildman–Crippen LogP) is 4.95. The number of hydrogen-bond acceptors (Lipinski definition) is 6. The molecular formula is C19H19FN4OS2. The van der Waals surface area contributed by atoms with Crippen molar-refractivity contribution < 1.29 is 9.18 Å². The second-order valence-corrected chi connectivity index (χ2v) is 8.25. The third-order valence-electron chi connectivity index (χ3n) is 3.76. The number of para-hydroxylation sites is 1. The molecule has 1 aromatic heterocycles. The fraction of sp³-hybridized carbons (Fsp3) is 0.211. The van der Waals surface area contributed by atoms with Gasteiger partial charge in [0.1, 0.15) is 5.82 Å². The van der Waals surface area contributed by atoms with Gasteiger partial charge in [-0.25, -0.2) is 4.39 Å². The van der Waals surface area contributed by atoms with Gasteiger partial charge in [0.05, 0.1) is 5.25 Å². The summed E-state index contributed by atoms with van der Waals surface area (Å²) >= 11 is 2.70. The number of carbonyl (C=O) groups is 1. The minimum absolute atomic E-state index is 0.0172. The molecule has 0 aliphatic carbocycles. The summed E-state index contributed by atoms with van der Waals surface area (Å²) in [5.41, 5.74) is 1.48. The van der Waals surface area contributed by atoms with Crippen LogP contribution in [0.5, 0.6) is 0 Å². The molecule has 0 fully saturated rings. The van der Waals surface area contributed by atoms with Gasteiger partial charge in [-0.15, -0.1) is 10.2 Å². The van der Waals surface area contributed by atoms with Gasteiger partial charge in [-0.2, -0.15) is 0 Å². The number of hydrogen-bond donors (Lipinski definition) is 1. The van der Waals surface area contributed by atoms with Crippen LogP contribution in [0.15, 0.2) is 58.9 Å². The van der Waals surface area contributed by atoms with Crippen molar-refractivity contribution in [1.82, 2.24) is 10.2 Å². The van der Waals surface area contributed by atoms with E-state index in [2.05, 4.69) is 15.5 Å². The van der Waals surface area contributed by atoms with Crippen LogP contribution in [-0.2, 0) is 4.79 Å². The Kier molecular flexibility index (Phi) is 6.41. The molecule has 1 N–H and O–H groups in total. The molecule has 8 heteroatoms. The SMILES string of the molecule is CCN(C(=O)[C@@H](C)Sc1nnc(Nc2cccc(F)c2)s1)c1ccccc1. The molecule has 0 unspecified atom stereocenters. The molecule has 1 amide bonds. The van der Waals surface area contributed by atoms with Crippen molar-refractivity contribution in [2.24, 2.45) is 0 Å². The van der Waals surface area contributed by atoms with Gasteiger partial charge >= 0.3 is 0 Å². The first-order chi connectivity index (χ1) is 13.1. The number of halogens is 1. The third kappa shape index (κ3) is 5.05. The Morgan fingerprint density at radius 3 is 2.70 bits per heavy atom. The number of thioether (sulfide) groups is 1. The van der Waals surface area contributed by atoms with Gasteiger partial charge < -0.3 is 10.2 Å². The monoisotopic (exact) mass is 402 g/mol. The van der Waals surface area contributed by atoms with Gasteiger partial charge in [-0.05, 0) is 44.2 Å². The normalized spacial score (nSPS) is 11.8. The van der Waals surface area contributed by atoms with Crippen LogP contribution < -0.4 is 10.2 Å². The lowest BCUT2D eigenvalue weighted by Crippen LogP contribution is -2.36. The summed E-state index contributed by atoms with van der Waals surface area (Å²) in [5, 5.41) is 11.5. The molecule has 0 saturated heterocycles. The highest BCUT2D eigenvalue weighted by Gasteiger charge is 2.23. The molecule has 140 valence electrons. The number of aromatic nitrogens is 2. The fourth-order valence-corrected chi connectivity index (χ4v) is 4.47. The molecule has 0 saturated carbocycles. The molecule has 1 heterocycles. The summed E-state index contributed by atoms with van der Waals surface area (Å²) in [5.74, 6) is -0.303. The van der Waals surface area contributed by atoms with Crippen molar-refractivity contribution in [3.05, 3.63) is 60.4 Å². The zero-order chi connectivity index (χ0) is 19.2.